The maximum atomic E-state index is 4.43. The summed E-state index contributed by atoms with van der Waals surface area (Å²) in [4.78, 5) is 0. The zero-order valence-electron chi connectivity index (χ0n) is 10.6. The van der Waals surface area contributed by atoms with E-state index in [9.17, 15) is 0 Å². The molecule has 2 fully saturated rings. The van der Waals surface area contributed by atoms with Gasteiger partial charge in [0.25, 0.3) is 0 Å². The Labute approximate surface area is 107 Å². The minimum absolute atomic E-state index is 0.405. The number of nitrogens with zero attached hydrogens (tertiary/aromatic N) is 2. The van der Waals surface area contributed by atoms with Crippen LogP contribution in [0.3, 0.4) is 0 Å². The summed E-state index contributed by atoms with van der Waals surface area (Å²) in [6.07, 6.45) is 5.32. The standard InChI is InChI=1S/C13H21N3S/c1-3-11(14-4-2)13-16-15-12(17-13)10-6-8-5-9(8)7-10/h8-11,14H,3-7H2,1-2H3. The molecule has 3 unspecified atom stereocenters. The molecule has 1 aromatic heterocycles. The van der Waals surface area contributed by atoms with Crippen molar-refractivity contribution in [1.82, 2.24) is 15.5 Å². The third-order valence-electron chi connectivity index (χ3n) is 4.21. The first-order chi connectivity index (χ1) is 8.31. The van der Waals surface area contributed by atoms with Gasteiger partial charge < -0.3 is 5.32 Å². The SMILES string of the molecule is CCNC(CC)c1nnc(C2CC3CC3C2)s1. The van der Waals surface area contributed by atoms with E-state index in [-0.39, 0.29) is 0 Å². The van der Waals surface area contributed by atoms with Gasteiger partial charge in [0, 0.05) is 5.92 Å². The van der Waals surface area contributed by atoms with Crippen molar-refractivity contribution in [2.45, 2.75) is 51.5 Å². The number of hydrogen-bond acceptors (Lipinski definition) is 4. The van der Waals surface area contributed by atoms with Gasteiger partial charge in [-0.05, 0) is 44.1 Å². The summed E-state index contributed by atoms with van der Waals surface area (Å²) < 4.78 is 0. The van der Waals surface area contributed by atoms with Gasteiger partial charge in [-0.15, -0.1) is 10.2 Å². The second kappa shape index (κ2) is 4.65. The van der Waals surface area contributed by atoms with Crippen molar-refractivity contribution in [2.75, 3.05) is 6.54 Å². The summed E-state index contributed by atoms with van der Waals surface area (Å²) in [7, 11) is 0. The zero-order chi connectivity index (χ0) is 11.8. The maximum absolute atomic E-state index is 4.43. The van der Waals surface area contributed by atoms with Crippen molar-refractivity contribution in [2.24, 2.45) is 11.8 Å². The van der Waals surface area contributed by atoms with Gasteiger partial charge in [-0.3, -0.25) is 0 Å². The van der Waals surface area contributed by atoms with Crippen molar-refractivity contribution in [3.63, 3.8) is 0 Å². The monoisotopic (exact) mass is 251 g/mol. The molecule has 94 valence electrons. The summed E-state index contributed by atoms with van der Waals surface area (Å²) in [5.41, 5.74) is 0. The van der Waals surface area contributed by atoms with Crippen LogP contribution in [0.2, 0.25) is 0 Å². The molecule has 0 amide bonds. The lowest BCUT2D eigenvalue weighted by Crippen LogP contribution is -2.19. The van der Waals surface area contributed by atoms with Crippen LogP contribution in [-0.2, 0) is 0 Å². The van der Waals surface area contributed by atoms with Gasteiger partial charge in [-0.1, -0.05) is 25.2 Å². The molecule has 17 heavy (non-hydrogen) atoms. The second-order valence-electron chi connectivity index (χ2n) is 5.42. The largest absolute Gasteiger partial charge is 0.308 e. The molecule has 0 radical (unpaired) electrons. The average Bonchev–Trinajstić information content (AvgIpc) is 2.82. The Morgan fingerprint density at radius 3 is 2.65 bits per heavy atom. The highest BCUT2D eigenvalue weighted by molar-refractivity contribution is 7.11. The van der Waals surface area contributed by atoms with E-state index in [0.29, 0.717) is 6.04 Å². The van der Waals surface area contributed by atoms with Gasteiger partial charge in [0.1, 0.15) is 10.0 Å². The van der Waals surface area contributed by atoms with Crippen LogP contribution in [0.5, 0.6) is 0 Å². The van der Waals surface area contributed by atoms with Crippen LogP contribution in [0, 0.1) is 11.8 Å². The fourth-order valence-corrected chi connectivity index (χ4v) is 4.25. The Morgan fingerprint density at radius 1 is 1.24 bits per heavy atom. The van der Waals surface area contributed by atoms with Gasteiger partial charge in [-0.25, -0.2) is 0 Å². The summed E-state index contributed by atoms with van der Waals surface area (Å²) in [5.74, 6) is 2.79. The molecule has 2 aliphatic carbocycles. The van der Waals surface area contributed by atoms with Gasteiger partial charge in [0.2, 0.25) is 0 Å². The van der Waals surface area contributed by atoms with E-state index in [2.05, 4.69) is 29.4 Å². The smallest absolute Gasteiger partial charge is 0.134 e. The normalized spacial score (nSPS) is 32.5. The first-order valence-corrected chi connectivity index (χ1v) is 7.70. The predicted octanol–water partition coefficient (Wildman–Crippen LogP) is 3.11. The third kappa shape index (κ3) is 2.25. The summed E-state index contributed by atoms with van der Waals surface area (Å²) in [5, 5.41) is 14.8. The third-order valence-corrected chi connectivity index (χ3v) is 5.41. The molecule has 0 saturated heterocycles. The highest BCUT2D eigenvalue weighted by atomic mass is 32.1. The molecule has 1 heterocycles. The highest BCUT2D eigenvalue weighted by Crippen LogP contribution is 2.57. The minimum Gasteiger partial charge on any atom is -0.308 e. The lowest BCUT2D eigenvalue weighted by molar-refractivity contribution is 0.530. The van der Waals surface area contributed by atoms with Crippen molar-refractivity contribution in [3.8, 4) is 0 Å². The van der Waals surface area contributed by atoms with Gasteiger partial charge in [0.15, 0.2) is 0 Å². The van der Waals surface area contributed by atoms with Crippen LogP contribution in [0.25, 0.3) is 0 Å². The zero-order valence-corrected chi connectivity index (χ0v) is 11.5. The van der Waals surface area contributed by atoms with E-state index in [1.165, 1.54) is 29.3 Å². The van der Waals surface area contributed by atoms with Crippen LogP contribution in [0.1, 0.15) is 61.5 Å². The average molecular weight is 251 g/mol. The Bertz CT molecular complexity index is 363. The number of nitrogens with one attached hydrogen (secondary N) is 1. The molecule has 3 atom stereocenters. The molecule has 4 heteroatoms. The molecule has 0 bridgehead atoms. The van der Waals surface area contributed by atoms with Crippen LogP contribution in [0.15, 0.2) is 0 Å². The van der Waals surface area contributed by atoms with E-state index < -0.39 is 0 Å². The van der Waals surface area contributed by atoms with Gasteiger partial charge in [0.05, 0.1) is 6.04 Å². The van der Waals surface area contributed by atoms with Crippen LogP contribution in [-0.4, -0.2) is 16.7 Å². The van der Waals surface area contributed by atoms with Crippen molar-refractivity contribution < 1.29 is 0 Å². The molecule has 1 N–H and O–H groups in total. The molecule has 0 aliphatic heterocycles. The van der Waals surface area contributed by atoms with E-state index in [1.807, 2.05) is 11.3 Å². The molecule has 3 rings (SSSR count). The molecule has 2 saturated carbocycles. The van der Waals surface area contributed by atoms with Crippen molar-refractivity contribution in [3.05, 3.63) is 10.0 Å². The van der Waals surface area contributed by atoms with Crippen molar-refractivity contribution in [1.29, 1.82) is 0 Å². The van der Waals surface area contributed by atoms with Gasteiger partial charge >= 0.3 is 0 Å². The Hall–Kier alpha value is -0.480. The lowest BCUT2D eigenvalue weighted by atomic mass is 10.1. The quantitative estimate of drug-likeness (QED) is 0.873. The molecular formula is C13H21N3S. The number of hydrogen-bond donors (Lipinski definition) is 1. The highest BCUT2D eigenvalue weighted by Gasteiger charge is 2.47. The second-order valence-corrected chi connectivity index (χ2v) is 6.46. The molecular weight excluding hydrogens is 230 g/mol. The van der Waals surface area contributed by atoms with Crippen LogP contribution < -0.4 is 5.32 Å². The van der Waals surface area contributed by atoms with Crippen molar-refractivity contribution >= 4 is 11.3 Å². The number of aromatic nitrogens is 2. The van der Waals surface area contributed by atoms with E-state index in [0.717, 1.165) is 30.7 Å². The minimum atomic E-state index is 0.405. The van der Waals surface area contributed by atoms with Gasteiger partial charge in [-0.2, -0.15) is 0 Å². The first-order valence-electron chi connectivity index (χ1n) is 6.88. The predicted molar refractivity (Wildman–Crippen MR) is 70.2 cm³/mol. The fraction of sp³-hybridized carbons (Fsp3) is 0.846. The Morgan fingerprint density at radius 2 is 2.00 bits per heavy atom. The Kier molecular flexibility index (Phi) is 3.17. The molecule has 1 aromatic rings. The molecule has 3 nitrogen and oxygen atoms in total. The maximum Gasteiger partial charge on any atom is 0.134 e. The van der Waals surface area contributed by atoms with Crippen LogP contribution in [0.4, 0.5) is 0 Å². The van der Waals surface area contributed by atoms with E-state index in [4.69, 9.17) is 0 Å². The van der Waals surface area contributed by atoms with E-state index >= 15 is 0 Å². The molecule has 2 aliphatic rings. The summed E-state index contributed by atoms with van der Waals surface area (Å²) in [6.45, 7) is 5.36. The first kappa shape index (κ1) is 11.6. The number of rotatable bonds is 5. The lowest BCUT2D eigenvalue weighted by Gasteiger charge is -2.11. The summed E-state index contributed by atoms with van der Waals surface area (Å²) in [6, 6.07) is 0.405. The van der Waals surface area contributed by atoms with E-state index in [1.54, 1.807) is 0 Å². The molecule has 0 spiro atoms. The Balaban J connectivity index is 1.68. The van der Waals surface area contributed by atoms with Crippen LogP contribution >= 0.6 is 11.3 Å². The fourth-order valence-electron chi connectivity index (χ4n) is 3.12. The topological polar surface area (TPSA) is 37.8 Å². The molecule has 0 aromatic carbocycles. The number of fused-ring (bicyclic) bond motifs is 1. The summed E-state index contributed by atoms with van der Waals surface area (Å²) >= 11 is 1.84.